The molecule has 11 N–H and O–H groups in total. The number of rotatable bonds is 10. The first-order chi connectivity index (χ1) is 12.8. The summed E-state index contributed by atoms with van der Waals surface area (Å²) in [6, 6.07) is 0. The van der Waals surface area contributed by atoms with Crippen molar-refractivity contribution in [2.24, 2.45) is 29.3 Å². The molecule has 0 aliphatic carbocycles. The van der Waals surface area contributed by atoms with Gasteiger partial charge in [0, 0.05) is 0 Å². The molecule has 13 nitrogen and oxygen atoms in total. The van der Waals surface area contributed by atoms with Crippen LogP contribution in [0, 0.1) is 0 Å². The fourth-order valence-corrected chi connectivity index (χ4v) is 12.7. The summed E-state index contributed by atoms with van der Waals surface area (Å²) < 4.78 is 19.9. The van der Waals surface area contributed by atoms with E-state index < -0.39 is 35.6 Å². The largest absolute Gasteiger partial charge is 0.306 e. The molecule has 0 atom stereocenters. The van der Waals surface area contributed by atoms with Crippen molar-refractivity contribution in [3.05, 3.63) is 0 Å². The molecule has 0 saturated heterocycles. The molecule has 0 heterocycles. The molecule has 0 spiro atoms. The maximum atomic E-state index is 6.50. The van der Waals surface area contributed by atoms with Crippen molar-refractivity contribution in [2.75, 3.05) is 49.3 Å². The van der Waals surface area contributed by atoms with Crippen LogP contribution < -0.4 is 46.6 Å². The molecule has 170 valence electrons. The first-order valence-corrected chi connectivity index (χ1v) is 15.7. The molecule has 0 bridgehead atoms. The Balaban J connectivity index is 7.73. The third kappa shape index (κ3) is 8.36. The summed E-state index contributed by atoms with van der Waals surface area (Å²) in [5.74, 6) is 0. The zero-order valence-electron chi connectivity index (χ0n) is 18.7. The predicted molar refractivity (Wildman–Crippen MR) is 129 cm³/mol. The lowest BCUT2D eigenvalue weighted by Crippen LogP contribution is -2.26. The molecule has 0 aromatic rings. The Morgan fingerprint density at radius 3 is 1.11 bits per heavy atom. The van der Waals surface area contributed by atoms with Gasteiger partial charge in [0.05, 0.1) is 5.54 Å². The van der Waals surface area contributed by atoms with Crippen molar-refractivity contribution in [3.63, 3.8) is 0 Å². The second kappa shape index (κ2) is 11.3. The van der Waals surface area contributed by atoms with Gasteiger partial charge < -0.3 is 0 Å². The molecule has 0 amide bonds. The topological polar surface area (TPSA) is 186 Å². The van der Waals surface area contributed by atoms with Crippen LogP contribution in [0.1, 0.15) is 20.8 Å². The third-order valence-corrected chi connectivity index (χ3v) is 15.3. The fraction of sp³-hybridized carbons (Fsp3) is 1.00. The average Bonchev–Trinajstić information content (AvgIpc) is 2.64. The smallest absolute Gasteiger partial charge is 0.273 e. The maximum Gasteiger partial charge on any atom is 0.306 e. The highest BCUT2D eigenvalue weighted by molar-refractivity contribution is 7.81. The second-order valence-electron chi connectivity index (χ2n) is 6.65. The molecular formula is C11H41N13P4. The van der Waals surface area contributed by atoms with E-state index in [1.54, 1.807) is 28.2 Å². The summed E-state index contributed by atoms with van der Waals surface area (Å²) in [6.45, 7) is 5.93. The molecule has 0 radical (unpaired) electrons. The highest BCUT2D eigenvalue weighted by Crippen LogP contribution is 2.69. The minimum Gasteiger partial charge on any atom is -0.273 e. The summed E-state index contributed by atoms with van der Waals surface area (Å²) in [5, 5.41) is 22.0. The molecule has 28 heavy (non-hydrogen) atoms. The van der Waals surface area contributed by atoms with Gasteiger partial charge in [0.25, 0.3) is 0 Å². The molecular weight excluding hydrogens is 438 g/mol. The van der Waals surface area contributed by atoms with E-state index in [2.05, 4.69) is 35.6 Å². The lowest BCUT2D eigenvalue weighted by Gasteiger charge is -2.30. The van der Waals surface area contributed by atoms with E-state index in [0.29, 0.717) is 0 Å². The Hall–Kier alpha value is 0.560. The van der Waals surface area contributed by atoms with Gasteiger partial charge in [0.1, 0.15) is 0 Å². The van der Waals surface area contributed by atoms with Crippen LogP contribution in [0.15, 0.2) is 18.3 Å². The molecule has 0 rings (SSSR count). The summed E-state index contributed by atoms with van der Waals surface area (Å²) >= 11 is 0. The van der Waals surface area contributed by atoms with E-state index in [-0.39, 0.29) is 0 Å². The van der Waals surface area contributed by atoms with Gasteiger partial charge in [-0.2, -0.15) is 13.5 Å². The van der Waals surface area contributed by atoms with E-state index in [4.69, 9.17) is 29.3 Å². The van der Waals surface area contributed by atoms with Crippen LogP contribution in [0.25, 0.3) is 0 Å². The van der Waals surface area contributed by atoms with Crippen molar-refractivity contribution in [1.29, 1.82) is 0 Å². The molecule has 0 fully saturated rings. The van der Waals surface area contributed by atoms with E-state index in [9.17, 15) is 0 Å². The standard InChI is InChI=1S/C11H41N13P4/c1-11(2,3)21-28(22-25(12,14-4)15-5,23-26(13,16-6)17-7)24-27(18-8,19-9)20-10/h14-20H,12-13H2,1-10H3. The zero-order valence-corrected chi connectivity index (χ0v) is 22.3. The first-order valence-electron chi connectivity index (χ1n) is 8.71. The second-order valence-corrected chi connectivity index (χ2v) is 17.2. The van der Waals surface area contributed by atoms with Gasteiger partial charge in [-0.05, 0) is 70.1 Å². The SMILES string of the molecule is CNP(N)(=NP(=NC(C)(C)C)(N=P(N)(NC)NC)N=P(NC)(NC)NC)NC. The fourth-order valence-electron chi connectivity index (χ4n) is 1.95. The zero-order chi connectivity index (χ0) is 22.3. The Labute approximate surface area is 171 Å². The van der Waals surface area contributed by atoms with Crippen LogP contribution in [0.5, 0.6) is 0 Å². The highest BCUT2D eigenvalue weighted by atomic mass is 31.3. The highest BCUT2D eigenvalue weighted by Gasteiger charge is 2.31. The molecule has 0 aliphatic heterocycles. The van der Waals surface area contributed by atoms with Crippen molar-refractivity contribution < 1.29 is 0 Å². The summed E-state index contributed by atoms with van der Waals surface area (Å²) in [5.41, 5.74) is 12.5. The van der Waals surface area contributed by atoms with Gasteiger partial charge in [-0.25, -0.2) is 4.74 Å². The average molecular weight is 479 g/mol. The molecule has 0 aromatic carbocycles. The van der Waals surface area contributed by atoms with E-state index in [0.717, 1.165) is 0 Å². The van der Waals surface area contributed by atoms with Gasteiger partial charge in [0.15, 0.2) is 22.5 Å². The lowest BCUT2D eigenvalue weighted by molar-refractivity contribution is 0.589. The van der Waals surface area contributed by atoms with Crippen LogP contribution in [0.2, 0.25) is 0 Å². The maximum absolute atomic E-state index is 6.50. The molecule has 17 heteroatoms. The Morgan fingerprint density at radius 2 is 0.893 bits per heavy atom. The van der Waals surface area contributed by atoms with Crippen molar-refractivity contribution >= 4 is 30.0 Å². The number of nitrogens with two attached hydrogens (primary N) is 2. The predicted octanol–water partition coefficient (Wildman–Crippen LogP) is 2.02. The summed E-state index contributed by atoms with van der Waals surface area (Å²) in [4.78, 5) is 0. The van der Waals surface area contributed by atoms with Crippen molar-refractivity contribution in [2.45, 2.75) is 26.3 Å². The summed E-state index contributed by atoms with van der Waals surface area (Å²) in [7, 11) is 1.64. The Kier molecular flexibility index (Phi) is 11.5. The van der Waals surface area contributed by atoms with Crippen LogP contribution in [-0.2, 0) is 0 Å². The molecule has 0 aliphatic rings. The van der Waals surface area contributed by atoms with Gasteiger partial charge in [0.2, 0.25) is 0 Å². The van der Waals surface area contributed by atoms with Crippen LogP contribution in [0.3, 0.4) is 0 Å². The third-order valence-electron chi connectivity index (χ3n) is 3.54. The Bertz CT molecular complexity index is 653. The van der Waals surface area contributed by atoms with Crippen molar-refractivity contribution in [1.82, 2.24) is 35.6 Å². The minimum absolute atomic E-state index is 0.478. The van der Waals surface area contributed by atoms with E-state index >= 15 is 0 Å². The Morgan fingerprint density at radius 1 is 0.571 bits per heavy atom. The minimum atomic E-state index is -3.14. The number of nitrogens with one attached hydrogen (secondary N) is 7. The normalized spacial score (nSPS) is 14.0. The molecule has 0 saturated carbocycles. The molecule has 0 aromatic heterocycles. The van der Waals surface area contributed by atoms with Crippen LogP contribution in [0.4, 0.5) is 0 Å². The number of nitrogens with zero attached hydrogens (tertiary/aromatic N) is 4. The van der Waals surface area contributed by atoms with Crippen molar-refractivity contribution in [3.8, 4) is 0 Å². The first kappa shape index (κ1) is 28.6. The van der Waals surface area contributed by atoms with E-state index in [1.807, 2.05) is 41.9 Å². The lowest BCUT2D eigenvalue weighted by atomic mass is 10.1. The number of hydrogen-bond acceptors (Lipinski definition) is 1. The summed E-state index contributed by atoms with van der Waals surface area (Å²) in [6.07, 6.45) is 0. The monoisotopic (exact) mass is 479 g/mol. The van der Waals surface area contributed by atoms with Gasteiger partial charge in [-0.15, -0.1) is 0 Å². The molecule has 0 unspecified atom stereocenters. The number of hydrogen-bond donors (Lipinski definition) is 9. The van der Waals surface area contributed by atoms with E-state index in [1.165, 1.54) is 0 Å². The van der Waals surface area contributed by atoms with Crippen LogP contribution >= 0.6 is 30.0 Å². The van der Waals surface area contributed by atoms with Gasteiger partial charge >= 0.3 is 7.51 Å². The van der Waals surface area contributed by atoms with Crippen LogP contribution in [-0.4, -0.2) is 54.9 Å². The quantitative estimate of drug-likeness (QED) is 0.211. The van der Waals surface area contributed by atoms with Gasteiger partial charge in [-0.3, -0.25) is 46.6 Å². The van der Waals surface area contributed by atoms with Gasteiger partial charge in [-0.1, -0.05) is 0 Å².